The predicted octanol–water partition coefficient (Wildman–Crippen LogP) is -1.85. The van der Waals surface area contributed by atoms with E-state index in [1.807, 2.05) is 0 Å². The van der Waals surface area contributed by atoms with Gasteiger partial charge in [-0.05, 0) is 37.3 Å². The summed E-state index contributed by atoms with van der Waals surface area (Å²) >= 11 is 8.17. The number of carboxylic acids is 1. The van der Waals surface area contributed by atoms with Crippen molar-refractivity contribution in [2.45, 2.75) is 43.2 Å². The van der Waals surface area contributed by atoms with Crippen LogP contribution in [-0.2, 0) is 19.2 Å². The summed E-state index contributed by atoms with van der Waals surface area (Å²) < 4.78 is 4.98. The van der Waals surface area contributed by atoms with Crippen LogP contribution in [0.2, 0.25) is 5.15 Å². The molecule has 0 aromatic carbocycles. The van der Waals surface area contributed by atoms with Gasteiger partial charge in [0.2, 0.25) is 0 Å². The first kappa shape index (κ1) is 28.6. The zero-order valence-electron chi connectivity index (χ0n) is 20.1. The van der Waals surface area contributed by atoms with Crippen LogP contribution in [0, 0.1) is 0 Å². The number of thiazole rings is 1. The number of allylic oxidation sites excluding steroid dienone is 1. The molecule has 38 heavy (non-hydrogen) atoms. The number of amides is 2. The van der Waals surface area contributed by atoms with Crippen LogP contribution in [0.25, 0.3) is 6.08 Å². The second-order valence-electron chi connectivity index (χ2n) is 8.43. The first-order valence-electron chi connectivity index (χ1n) is 11.3. The molecular weight excluding hydrogens is 567 g/mol. The van der Waals surface area contributed by atoms with Crippen molar-refractivity contribution < 1.29 is 58.4 Å². The van der Waals surface area contributed by atoms with Gasteiger partial charge in [-0.3, -0.25) is 14.5 Å². The summed E-state index contributed by atoms with van der Waals surface area (Å²) in [4.78, 5) is 48.9. The Balaban J connectivity index is 0.00000336. The minimum Gasteiger partial charge on any atom is -0.543 e. The maximum atomic E-state index is 13.2. The number of carbonyl (C=O) groups is 3. The molecule has 2 amide bonds. The summed E-state index contributed by atoms with van der Waals surface area (Å²) in [6, 6.07) is 0.486. The van der Waals surface area contributed by atoms with Crippen LogP contribution in [0.15, 0.2) is 38.5 Å². The van der Waals surface area contributed by atoms with E-state index < -0.39 is 29.2 Å². The maximum Gasteiger partial charge on any atom is 1.00 e. The van der Waals surface area contributed by atoms with Gasteiger partial charge in [-0.25, -0.2) is 4.98 Å². The number of hydrogen-bond acceptors (Lipinski definition) is 12. The van der Waals surface area contributed by atoms with Crippen molar-refractivity contribution in [2.75, 3.05) is 11.5 Å². The van der Waals surface area contributed by atoms with Crippen LogP contribution in [0.4, 0.5) is 5.13 Å². The molecule has 1 saturated heterocycles. The number of nitrogens with one attached hydrogen (secondary N) is 1. The summed E-state index contributed by atoms with van der Waals surface area (Å²) in [5.74, 6) is -2.21. The number of thioether (sulfide) groups is 1. The van der Waals surface area contributed by atoms with Gasteiger partial charge in [-0.1, -0.05) is 28.0 Å². The topological polar surface area (TPSA) is 176 Å². The molecule has 0 bridgehead atoms. The normalized spacial score (nSPS) is 21.8. The SMILES string of the molecule is Nc1nc(/C(=N/OC2CCCC2)C(=O)N[C@@H]2C(=O)N3C(C(=O)[O-])=C(/C=C\c4cc(Cl)no4)CS[C@H]23)cs1.[Na+]. The van der Waals surface area contributed by atoms with Crippen molar-refractivity contribution >= 4 is 69.4 Å². The minimum atomic E-state index is -1.51. The first-order chi connectivity index (χ1) is 17.8. The molecule has 1 saturated carbocycles. The Hall–Kier alpha value is -2.36. The van der Waals surface area contributed by atoms with Crippen LogP contribution in [0.1, 0.15) is 37.1 Å². The number of β-lactam (4-membered cyclic amide) rings is 1. The Labute approximate surface area is 251 Å². The molecule has 1 aliphatic carbocycles. The molecule has 0 unspecified atom stereocenters. The molecule has 3 aliphatic rings. The number of rotatable bonds is 8. The van der Waals surface area contributed by atoms with Crippen LogP contribution < -0.4 is 45.7 Å². The van der Waals surface area contributed by atoms with E-state index in [4.69, 9.17) is 26.7 Å². The van der Waals surface area contributed by atoms with Crippen molar-refractivity contribution in [3.05, 3.63) is 45.4 Å². The number of hydrogen-bond donors (Lipinski definition) is 2. The molecule has 12 nitrogen and oxygen atoms in total. The number of oxime groups is 1. The van der Waals surface area contributed by atoms with Crippen molar-refractivity contribution in [1.82, 2.24) is 20.4 Å². The number of anilines is 1. The quantitative estimate of drug-likeness (QED) is 0.154. The summed E-state index contributed by atoms with van der Waals surface area (Å²) in [7, 11) is 0. The van der Waals surface area contributed by atoms with E-state index in [1.165, 1.54) is 30.0 Å². The Morgan fingerprint density at radius 2 is 2.11 bits per heavy atom. The number of fused-ring (bicyclic) bond motifs is 1. The van der Waals surface area contributed by atoms with Crippen LogP contribution >= 0.6 is 34.7 Å². The molecule has 2 aromatic heterocycles. The van der Waals surface area contributed by atoms with Gasteiger partial charge in [-0.15, -0.1) is 23.1 Å². The summed E-state index contributed by atoms with van der Waals surface area (Å²) in [6.45, 7) is 0. The van der Waals surface area contributed by atoms with Crippen LogP contribution in [0.3, 0.4) is 0 Å². The first-order valence-corrected chi connectivity index (χ1v) is 13.6. The maximum absolute atomic E-state index is 13.2. The number of nitrogens with zero attached hydrogens (tertiary/aromatic N) is 4. The fourth-order valence-corrected chi connectivity index (χ4v) is 6.23. The van der Waals surface area contributed by atoms with E-state index in [0.29, 0.717) is 11.3 Å². The molecule has 3 N–H and O–H groups in total. The van der Waals surface area contributed by atoms with Crippen molar-refractivity contribution in [1.29, 1.82) is 0 Å². The fraction of sp³-hybridized carbons (Fsp3) is 0.364. The number of aliphatic carboxylic acids is 1. The minimum absolute atomic E-state index is 0. The summed E-state index contributed by atoms with van der Waals surface area (Å²) in [5, 5.41) is 23.5. The van der Waals surface area contributed by atoms with E-state index in [-0.39, 0.29) is 68.8 Å². The summed E-state index contributed by atoms with van der Waals surface area (Å²) in [6.07, 6.45) is 6.62. The van der Waals surface area contributed by atoms with Gasteiger partial charge in [-0.2, -0.15) is 0 Å². The van der Waals surface area contributed by atoms with Gasteiger partial charge < -0.3 is 30.3 Å². The number of aromatic nitrogens is 2. The number of carbonyl (C=O) groups excluding carboxylic acids is 3. The second kappa shape index (κ2) is 12.2. The van der Waals surface area contributed by atoms with Crippen molar-refractivity contribution in [3.63, 3.8) is 0 Å². The number of nitrogen functional groups attached to an aromatic ring is 1. The third-order valence-electron chi connectivity index (χ3n) is 6.00. The third-order valence-corrected chi connectivity index (χ3v) is 8.16. The van der Waals surface area contributed by atoms with E-state index in [1.54, 1.807) is 5.38 Å². The fourth-order valence-electron chi connectivity index (χ4n) is 4.22. The molecule has 4 heterocycles. The molecule has 2 aliphatic heterocycles. The van der Waals surface area contributed by atoms with Gasteiger partial charge in [0.15, 0.2) is 21.8 Å². The Morgan fingerprint density at radius 3 is 2.74 bits per heavy atom. The standard InChI is InChI=1S/C22H21ClN6O6S2.Na/c23-14-7-12(35-27-14)6-5-10-8-36-20-16(19(31)29(20)17(10)21(32)33)26-18(30)15(13-9-37-22(24)25-13)28-34-11-3-1-2-4-11;/h5-7,9,11,16,20H,1-4,8H2,(H2,24,25)(H,26,30)(H,32,33);/q;+1/p-1/b6-5-,28-15-;/t16-,20-;/m1./s1. The zero-order chi connectivity index (χ0) is 26.1. The molecule has 16 heteroatoms. The van der Waals surface area contributed by atoms with Gasteiger partial charge in [0.1, 0.15) is 23.2 Å². The summed E-state index contributed by atoms with van der Waals surface area (Å²) in [5.41, 5.74) is 5.93. The van der Waals surface area contributed by atoms with Crippen LogP contribution in [0.5, 0.6) is 0 Å². The Bertz CT molecular complexity index is 1340. The number of carboxylic acid groups (broad SMARTS) is 1. The third kappa shape index (κ3) is 5.95. The molecule has 194 valence electrons. The Kier molecular flexibility index (Phi) is 9.21. The predicted molar refractivity (Wildman–Crippen MR) is 134 cm³/mol. The zero-order valence-corrected chi connectivity index (χ0v) is 24.5. The van der Waals surface area contributed by atoms with Crippen molar-refractivity contribution in [3.8, 4) is 0 Å². The van der Waals surface area contributed by atoms with E-state index in [0.717, 1.165) is 41.9 Å². The molecule has 2 fully saturated rings. The van der Waals surface area contributed by atoms with Gasteiger partial charge in [0.05, 0.1) is 11.7 Å². The molecule has 0 radical (unpaired) electrons. The number of halogens is 1. The smallest absolute Gasteiger partial charge is 0.543 e. The molecule has 2 aromatic rings. The average Bonchev–Trinajstić information content (AvgIpc) is 3.64. The van der Waals surface area contributed by atoms with E-state index in [2.05, 4.69) is 20.6 Å². The number of nitrogens with two attached hydrogens (primary N) is 1. The molecule has 5 rings (SSSR count). The largest absolute Gasteiger partial charge is 1.00 e. The van der Waals surface area contributed by atoms with Gasteiger partial charge >= 0.3 is 29.6 Å². The van der Waals surface area contributed by atoms with Crippen LogP contribution in [-0.4, -0.2) is 61.8 Å². The van der Waals surface area contributed by atoms with E-state index in [9.17, 15) is 19.5 Å². The molecule has 2 atom stereocenters. The van der Waals surface area contributed by atoms with E-state index >= 15 is 0 Å². The Morgan fingerprint density at radius 1 is 1.34 bits per heavy atom. The van der Waals surface area contributed by atoms with Crippen molar-refractivity contribution in [2.24, 2.45) is 5.16 Å². The second-order valence-corrected chi connectivity index (χ2v) is 10.8. The monoisotopic (exact) mass is 586 g/mol. The molecular formula is C22H20ClN6NaO6S2. The van der Waals surface area contributed by atoms with Gasteiger partial charge in [0, 0.05) is 17.2 Å². The molecule has 0 spiro atoms. The van der Waals surface area contributed by atoms with Gasteiger partial charge in [0.25, 0.3) is 11.8 Å². The average molecular weight is 587 g/mol.